The van der Waals surface area contributed by atoms with Crippen molar-refractivity contribution in [2.24, 2.45) is 0 Å². The predicted octanol–water partition coefficient (Wildman–Crippen LogP) is 3.79. The minimum absolute atomic E-state index is 0.140. The zero-order valence-electron chi connectivity index (χ0n) is 14.4. The summed E-state index contributed by atoms with van der Waals surface area (Å²) in [6, 6.07) is 13.9. The number of rotatable bonds is 6. The highest BCUT2D eigenvalue weighted by Gasteiger charge is 2.34. The van der Waals surface area contributed by atoms with Crippen molar-refractivity contribution in [3.8, 4) is 11.5 Å². The molecule has 0 saturated heterocycles. The van der Waals surface area contributed by atoms with Gasteiger partial charge in [0.25, 0.3) is 0 Å². The van der Waals surface area contributed by atoms with Gasteiger partial charge in [-0.1, -0.05) is 24.3 Å². The summed E-state index contributed by atoms with van der Waals surface area (Å²) in [7, 11) is 1.84. The largest absolute Gasteiger partial charge is 0.490 e. The van der Waals surface area contributed by atoms with Crippen LogP contribution in [-0.2, 0) is 11.2 Å². The van der Waals surface area contributed by atoms with Crippen molar-refractivity contribution >= 4 is 11.6 Å². The molecule has 1 aliphatic heterocycles. The van der Waals surface area contributed by atoms with Crippen molar-refractivity contribution in [1.29, 1.82) is 0 Å². The Morgan fingerprint density at radius 3 is 2.46 bits per heavy atom. The zero-order chi connectivity index (χ0) is 17.1. The molecule has 4 nitrogen and oxygen atoms in total. The molecule has 2 aromatic carbocycles. The fraction of sp³-hybridized carbons (Fsp3) is 0.350. The number of hydrogen-bond donors (Lipinski definition) is 0. The second kappa shape index (κ2) is 6.95. The van der Waals surface area contributed by atoms with E-state index in [4.69, 9.17) is 9.47 Å². The second-order valence-corrected chi connectivity index (χ2v) is 5.86. The Labute approximate surface area is 143 Å². The number of hydrogen-bond acceptors (Lipinski definition) is 3. The van der Waals surface area contributed by atoms with Crippen molar-refractivity contribution in [2.75, 3.05) is 25.2 Å². The van der Waals surface area contributed by atoms with E-state index in [1.165, 1.54) is 0 Å². The van der Waals surface area contributed by atoms with Crippen LogP contribution in [0.1, 0.15) is 30.9 Å². The summed E-state index contributed by atoms with van der Waals surface area (Å²) in [6.07, 6.45) is 0.659. The molecule has 126 valence electrons. The number of ether oxygens (including phenoxy) is 2. The van der Waals surface area contributed by atoms with E-state index >= 15 is 0 Å². The van der Waals surface area contributed by atoms with Crippen LogP contribution < -0.4 is 14.4 Å². The van der Waals surface area contributed by atoms with Crippen LogP contribution in [0.2, 0.25) is 0 Å². The summed E-state index contributed by atoms with van der Waals surface area (Å²) in [6.45, 7) is 5.08. The topological polar surface area (TPSA) is 38.8 Å². The Morgan fingerprint density at radius 1 is 1.00 bits per heavy atom. The first kappa shape index (κ1) is 16.4. The Morgan fingerprint density at radius 2 is 1.71 bits per heavy atom. The minimum Gasteiger partial charge on any atom is -0.490 e. The van der Waals surface area contributed by atoms with E-state index in [0.29, 0.717) is 19.6 Å². The van der Waals surface area contributed by atoms with Gasteiger partial charge in [-0.05, 0) is 49.6 Å². The summed E-state index contributed by atoms with van der Waals surface area (Å²) in [4.78, 5) is 14.4. The Bertz CT molecular complexity index is 741. The molecule has 4 heteroatoms. The Balaban J connectivity index is 1.88. The molecule has 1 heterocycles. The number of fused-ring (bicyclic) bond motifs is 1. The number of para-hydroxylation sites is 1. The van der Waals surface area contributed by atoms with Gasteiger partial charge < -0.3 is 14.4 Å². The molecule has 3 rings (SSSR count). The summed E-state index contributed by atoms with van der Waals surface area (Å²) in [5.41, 5.74) is 3.17. The van der Waals surface area contributed by atoms with Crippen molar-refractivity contribution in [3.63, 3.8) is 0 Å². The molecule has 0 aromatic heterocycles. The number of nitrogens with zero attached hydrogens (tertiary/aromatic N) is 1. The van der Waals surface area contributed by atoms with Crippen LogP contribution in [0.5, 0.6) is 11.5 Å². The molecule has 1 aliphatic rings. The highest BCUT2D eigenvalue weighted by molar-refractivity contribution is 6.04. The molecule has 24 heavy (non-hydrogen) atoms. The predicted molar refractivity (Wildman–Crippen MR) is 95.1 cm³/mol. The van der Waals surface area contributed by atoms with Crippen LogP contribution in [0.25, 0.3) is 0 Å². The van der Waals surface area contributed by atoms with Gasteiger partial charge in [-0.3, -0.25) is 4.79 Å². The van der Waals surface area contributed by atoms with Crippen molar-refractivity contribution < 1.29 is 14.3 Å². The molecule has 0 fully saturated rings. The lowest BCUT2D eigenvalue weighted by molar-refractivity contribution is -0.119. The normalized spacial score (nSPS) is 16.2. The molecule has 0 saturated carbocycles. The molecular formula is C20H23NO3. The van der Waals surface area contributed by atoms with Gasteiger partial charge in [0.05, 0.1) is 19.1 Å². The van der Waals surface area contributed by atoms with Crippen LogP contribution >= 0.6 is 0 Å². The third-order valence-electron chi connectivity index (χ3n) is 4.35. The van der Waals surface area contributed by atoms with Gasteiger partial charge in [0.15, 0.2) is 11.5 Å². The smallest absolute Gasteiger partial charge is 0.234 e. The maximum atomic E-state index is 12.6. The van der Waals surface area contributed by atoms with E-state index in [1.807, 2.05) is 63.4 Å². The molecule has 0 aliphatic carbocycles. The number of benzene rings is 2. The fourth-order valence-electron chi connectivity index (χ4n) is 3.23. The molecule has 2 aromatic rings. The van der Waals surface area contributed by atoms with E-state index in [2.05, 4.69) is 0 Å². The fourth-order valence-corrected chi connectivity index (χ4v) is 3.23. The highest BCUT2D eigenvalue weighted by atomic mass is 16.5. The SMILES string of the molecule is CCOc1ccc(C[C@H]2C(=O)N(C)c3ccccc32)cc1OCC. The van der Waals surface area contributed by atoms with Crippen LogP contribution in [0.4, 0.5) is 5.69 Å². The highest BCUT2D eigenvalue weighted by Crippen LogP contribution is 2.39. The molecule has 0 bridgehead atoms. The van der Waals surface area contributed by atoms with Gasteiger partial charge in [-0.2, -0.15) is 0 Å². The minimum atomic E-state index is -0.140. The van der Waals surface area contributed by atoms with Crippen molar-refractivity contribution in [1.82, 2.24) is 0 Å². The first-order valence-electron chi connectivity index (χ1n) is 8.40. The second-order valence-electron chi connectivity index (χ2n) is 5.86. The third-order valence-corrected chi connectivity index (χ3v) is 4.35. The van der Waals surface area contributed by atoms with Gasteiger partial charge in [0, 0.05) is 12.7 Å². The number of anilines is 1. The molecule has 0 N–H and O–H groups in total. The van der Waals surface area contributed by atoms with E-state index in [0.717, 1.165) is 28.3 Å². The maximum Gasteiger partial charge on any atom is 0.234 e. The number of carbonyl (C=O) groups excluding carboxylic acids is 1. The van der Waals surface area contributed by atoms with Gasteiger partial charge in [0.1, 0.15) is 0 Å². The van der Waals surface area contributed by atoms with E-state index in [1.54, 1.807) is 4.90 Å². The first-order chi connectivity index (χ1) is 11.7. The van der Waals surface area contributed by atoms with Crippen LogP contribution in [0.15, 0.2) is 42.5 Å². The number of amides is 1. The van der Waals surface area contributed by atoms with Gasteiger partial charge in [-0.15, -0.1) is 0 Å². The van der Waals surface area contributed by atoms with Gasteiger partial charge in [0.2, 0.25) is 5.91 Å². The Hall–Kier alpha value is -2.49. The number of likely N-dealkylation sites (N-methyl/N-ethyl adjacent to an activating group) is 1. The average molecular weight is 325 g/mol. The molecule has 1 amide bonds. The number of carbonyl (C=O) groups is 1. The van der Waals surface area contributed by atoms with Crippen LogP contribution in [-0.4, -0.2) is 26.2 Å². The van der Waals surface area contributed by atoms with Crippen molar-refractivity contribution in [3.05, 3.63) is 53.6 Å². The van der Waals surface area contributed by atoms with E-state index in [-0.39, 0.29) is 11.8 Å². The van der Waals surface area contributed by atoms with E-state index in [9.17, 15) is 4.79 Å². The lowest BCUT2D eigenvalue weighted by atomic mass is 9.93. The van der Waals surface area contributed by atoms with Gasteiger partial charge in [-0.25, -0.2) is 0 Å². The van der Waals surface area contributed by atoms with Crippen molar-refractivity contribution in [2.45, 2.75) is 26.2 Å². The summed E-state index contributed by atoms with van der Waals surface area (Å²) in [5, 5.41) is 0. The summed E-state index contributed by atoms with van der Waals surface area (Å²) >= 11 is 0. The standard InChI is InChI=1S/C20H23NO3/c1-4-23-18-11-10-14(13-19(18)24-5-2)12-16-15-8-6-7-9-17(15)21(3)20(16)22/h6-11,13,16H,4-5,12H2,1-3H3/t16-/m1/s1. The molecule has 0 radical (unpaired) electrons. The monoisotopic (exact) mass is 325 g/mol. The summed E-state index contributed by atoms with van der Waals surface area (Å²) < 4.78 is 11.3. The first-order valence-corrected chi connectivity index (χ1v) is 8.40. The lowest BCUT2D eigenvalue weighted by Crippen LogP contribution is -2.24. The lowest BCUT2D eigenvalue weighted by Gasteiger charge is -2.15. The Kier molecular flexibility index (Phi) is 4.74. The maximum absolute atomic E-state index is 12.6. The average Bonchev–Trinajstić information content (AvgIpc) is 2.83. The molecule has 0 unspecified atom stereocenters. The molecule has 1 atom stereocenters. The van der Waals surface area contributed by atoms with Gasteiger partial charge >= 0.3 is 0 Å². The van der Waals surface area contributed by atoms with Crippen LogP contribution in [0, 0.1) is 0 Å². The molecule has 0 spiro atoms. The van der Waals surface area contributed by atoms with Crippen LogP contribution in [0.3, 0.4) is 0 Å². The van der Waals surface area contributed by atoms with E-state index < -0.39 is 0 Å². The zero-order valence-corrected chi connectivity index (χ0v) is 14.4. The summed E-state index contributed by atoms with van der Waals surface area (Å²) in [5.74, 6) is 1.49. The molecular weight excluding hydrogens is 302 g/mol. The quantitative estimate of drug-likeness (QED) is 0.811. The third kappa shape index (κ3) is 2.96.